The minimum atomic E-state index is -0.682. The van der Waals surface area contributed by atoms with Gasteiger partial charge in [-0.3, -0.25) is 19.2 Å². The Morgan fingerprint density at radius 2 is 0.588 bits per heavy atom. The van der Waals surface area contributed by atoms with Crippen LogP contribution in [0.5, 0.6) is 0 Å². The van der Waals surface area contributed by atoms with E-state index in [0.29, 0.717) is 23.7 Å². The van der Waals surface area contributed by atoms with Crippen molar-refractivity contribution in [2.45, 2.75) is 89.9 Å². The molecular formula is C26H40O8. The molecular weight excluding hydrogens is 440 g/mol. The predicted octanol–water partition coefficient (Wildman–Crippen LogP) is 4.76. The molecule has 0 amide bonds. The summed E-state index contributed by atoms with van der Waals surface area (Å²) in [6.07, 6.45) is 12.0. The lowest BCUT2D eigenvalue weighted by Gasteiger charge is -2.40. The fourth-order valence-corrected chi connectivity index (χ4v) is 7.01. The van der Waals surface area contributed by atoms with Crippen molar-refractivity contribution in [3.8, 4) is 0 Å². The molecule has 34 heavy (non-hydrogen) atoms. The summed E-state index contributed by atoms with van der Waals surface area (Å²) in [4.78, 5) is 43.6. The van der Waals surface area contributed by atoms with Gasteiger partial charge >= 0.3 is 23.9 Å². The molecule has 0 aromatic heterocycles. The molecule has 0 radical (unpaired) electrons. The maximum atomic E-state index is 10.9. The van der Waals surface area contributed by atoms with Gasteiger partial charge in [0.1, 0.15) is 0 Å². The predicted molar refractivity (Wildman–Crippen MR) is 123 cm³/mol. The summed E-state index contributed by atoms with van der Waals surface area (Å²) in [5.74, 6) is -1.16. The van der Waals surface area contributed by atoms with E-state index in [0.717, 1.165) is 89.9 Å². The summed E-state index contributed by atoms with van der Waals surface area (Å²) >= 11 is 0. The molecule has 4 N–H and O–H groups in total. The third-order valence-electron chi connectivity index (χ3n) is 9.22. The maximum absolute atomic E-state index is 10.9. The van der Waals surface area contributed by atoms with Crippen LogP contribution < -0.4 is 0 Å². The highest BCUT2D eigenvalue weighted by Crippen LogP contribution is 2.45. The molecule has 0 saturated heterocycles. The van der Waals surface area contributed by atoms with Crippen LogP contribution in [0.2, 0.25) is 0 Å². The minimum Gasteiger partial charge on any atom is -0.481 e. The topological polar surface area (TPSA) is 149 Å². The Labute approximate surface area is 201 Å². The van der Waals surface area contributed by atoms with Gasteiger partial charge in [0.25, 0.3) is 0 Å². The number of carboxylic acids is 4. The lowest BCUT2D eigenvalue weighted by Crippen LogP contribution is -2.35. The Hall–Kier alpha value is -2.12. The molecule has 0 aromatic rings. The summed E-state index contributed by atoms with van der Waals surface area (Å²) in [6.45, 7) is 0. The van der Waals surface area contributed by atoms with Crippen LogP contribution in [0.15, 0.2) is 0 Å². The molecule has 0 spiro atoms. The highest BCUT2D eigenvalue weighted by molar-refractivity contribution is 5.71. The van der Waals surface area contributed by atoms with Crippen molar-refractivity contribution in [2.24, 2.45) is 47.3 Å². The number of fused-ring (bicyclic) bond motifs is 1. The molecule has 4 aliphatic rings. The minimum absolute atomic E-state index is 0.142. The van der Waals surface area contributed by atoms with E-state index in [1.807, 2.05) is 0 Å². The first-order valence-corrected chi connectivity index (χ1v) is 13.1. The Bertz CT molecular complexity index is 671. The molecule has 0 heterocycles. The van der Waals surface area contributed by atoms with Gasteiger partial charge in [-0.25, -0.2) is 0 Å². The summed E-state index contributed by atoms with van der Waals surface area (Å²) in [7, 11) is 0. The summed E-state index contributed by atoms with van der Waals surface area (Å²) in [6, 6.07) is 0. The van der Waals surface area contributed by atoms with Gasteiger partial charge in [0.15, 0.2) is 0 Å². The normalized spacial score (nSPS) is 37.9. The smallest absolute Gasteiger partial charge is 0.306 e. The molecule has 192 valence electrons. The third kappa shape index (κ3) is 6.95. The Morgan fingerprint density at radius 1 is 0.353 bits per heavy atom. The first-order valence-electron chi connectivity index (χ1n) is 13.1. The van der Waals surface area contributed by atoms with Gasteiger partial charge in [0, 0.05) is 0 Å². The number of carboxylic acid groups (broad SMARTS) is 4. The van der Waals surface area contributed by atoms with Gasteiger partial charge < -0.3 is 20.4 Å². The molecule has 8 heteroatoms. The van der Waals surface area contributed by atoms with Crippen LogP contribution >= 0.6 is 0 Å². The summed E-state index contributed by atoms with van der Waals surface area (Å²) in [5, 5.41) is 35.9. The SMILES string of the molecule is O=C(O)C1CCC(C2CCC(C(=O)O)CC2)CC1.O=C(O)C1CCC2CC(C(=O)O)CCC2C1. The Kier molecular flexibility index (Phi) is 9.37. The fraction of sp³-hybridized carbons (Fsp3) is 0.846. The van der Waals surface area contributed by atoms with E-state index in [9.17, 15) is 19.2 Å². The lowest BCUT2D eigenvalue weighted by molar-refractivity contribution is -0.148. The van der Waals surface area contributed by atoms with Crippen LogP contribution in [0.4, 0.5) is 0 Å². The largest absolute Gasteiger partial charge is 0.481 e. The summed E-state index contributed by atoms with van der Waals surface area (Å²) < 4.78 is 0. The number of hydrogen-bond acceptors (Lipinski definition) is 4. The van der Waals surface area contributed by atoms with Gasteiger partial charge in [0.05, 0.1) is 23.7 Å². The standard InChI is InChI=1S/C14H22O4.C12H18O4/c15-13(16)11-5-1-9(2-6-11)10-3-7-12(8-4-10)14(17)18;13-11(14)9-3-1-7-5-10(12(15)16)4-2-8(7)6-9/h9-12H,1-8H2,(H,15,16)(H,17,18);7-10H,1-6H2,(H,13,14)(H,15,16). The number of hydrogen-bond donors (Lipinski definition) is 4. The molecule has 8 nitrogen and oxygen atoms in total. The third-order valence-corrected chi connectivity index (χ3v) is 9.22. The van der Waals surface area contributed by atoms with E-state index in [2.05, 4.69) is 0 Å². The maximum Gasteiger partial charge on any atom is 0.306 e. The molecule has 4 saturated carbocycles. The van der Waals surface area contributed by atoms with Gasteiger partial charge in [-0.2, -0.15) is 0 Å². The van der Waals surface area contributed by atoms with Crippen LogP contribution in [0, 0.1) is 47.3 Å². The average molecular weight is 481 g/mol. The van der Waals surface area contributed by atoms with Crippen molar-refractivity contribution in [2.75, 3.05) is 0 Å². The average Bonchev–Trinajstić information content (AvgIpc) is 2.83. The van der Waals surface area contributed by atoms with Crippen molar-refractivity contribution in [3.05, 3.63) is 0 Å². The first-order chi connectivity index (χ1) is 16.2. The van der Waals surface area contributed by atoms with Crippen molar-refractivity contribution in [3.63, 3.8) is 0 Å². The molecule has 0 aromatic carbocycles. The monoisotopic (exact) mass is 480 g/mol. The van der Waals surface area contributed by atoms with E-state index < -0.39 is 23.9 Å². The van der Waals surface area contributed by atoms with Crippen LogP contribution in [-0.4, -0.2) is 44.3 Å². The van der Waals surface area contributed by atoms with Crippen molar-refractivity contribution >= 4 is 23.9 Å². The molecule has 4 fully saturated rings. The second kappa shape index (κ2) is 12.0. The van der Waals surface area contributed by atoms with Crippen LogP contribution in [0.3, 0.4) is 0 Å². The number of rotatable bonds is 5. The van der Waals surface area contributed by atoms with Gasteiger partial charge in [-0.15, -0.1) is 0 Å². The van der Waals surface area contributed by atoms with Crippen molar-refractivity contribution < 1.29 is 39.6 Å². The highest BCUT2D eigenvalue weighted by Gasteiger charge is 2.39. The van der Waals surface area contributed by atoms with E-state index in [1.165, 1.54) is 0 Å². The zero-order chi connectivity index (χ0) is 24.8. The Morgan fingerprint density at radius 3 is 0.853 bits per heavy atom. The number of aliphatic carboxylic acids is 4. The van der Waals surface area contributed by atoms with E-state index >= 15 is 0 Å². The van der Waals surface area contributed by atoms with Crippen molar-refractivity contribution in [1.82, 2.24) is 0 Å². The summed E-state index contributed by atoms with van der Waals surface area (Å²) in [5.41, 5.74) is 0. The molecule has 0 aliphatic heterocycles. The first kappa shape index (κ1) is 26.5. The lowest BCUT2D eigenvalue weighted by atomic mass is 9.65. The molecule has 4 unspecified atom stereocenters. The zero-order valence-electron chi connectivity index (χ0n) is 19.9. The van der Waals surface area contributed by atoms with Crippen LogP contribution in [0.1, 0.15) is 89.9 Å². The highest BCUT2D eigenvalue weighted by atomic mass is 16.4. The zero-order valence-corrected chi connectivity index (χ0v) is 19.9. The number of carbonyl (C=O) groups is 4. The fourth-order valence-electron chi connectivity index (χ4n) is 7.01. The van der Waals surface area contributed by atoms with Crippen LogP contribution in [0.25, 0.3) is 0 Å². The quantitative estimate of drug-likeness (QED) is 0.440. The molecule has 4 aliphatic carbocycles. The second-order valence-corrected chi connectivity index (χ2v) is 11.1. The van der Waals surface area contributed by atoms with Crippen molar-refractivity contribution in [1.29, 1.82) is 0 Å². The van der Waals surface area contributed by atoms with Gasteiger partial charge in [0.2, 0.25) is 0 Å². The van der Waals surface area contributed by atoms with Crippen LogP contribution in [-0.2, 0) is 19.2 Å². The van der Waals surface area contributed by atoms with Gasteiger partial charge in [-0.05, 0) is 114 Å². The second-order valence-electron chi connectivity index (χ2n) is 11.1. The van der Waals surface area contributed by atoms with E-state index in [-0.39, 0.29) is 23.7 Å². The van der Waals surface area contributed by atoms with Gasteiger partial charge in [-0.1, -0.05) is 0 Å². The van der Waals surface area contributed by atoms with E-state index in [1.54, 1.807) is 0 Å². The molecule has 0 bridgehead atoms. The molecule has 4 rings (SSSR count). The Balaban J connectivity index is 0.000000192. The van der Waals surface area contributed by atoms with E-state index in [4.69, 9.17) is 20.4 Å². The molecule has 4 atom stereocenters.